The lowest BCUT2D eigenvalue weighted by Gasteiger charge is -2.25. The maximum Gasteiger partial charge on any atom is 0.176 e. The number of aryl methyl sites for hydroxylation is 1. The fourth-order valence-electron chi connectivity index (χ4n) is 1.44. The van der Waals surface area contributed by atoms with Crippen molar-refractivity contribution in [3.05, 3.63) is 5.82 Å². The van der Waals surface area contributed by atoms with Gasteiger partial charge in [-0.15, -0.1) is 10.2 Å². The molecule has 0 amide bonds. The molecule has 0 aliphatic carbocycles. The maximum atomic E-state index is 5.50. The number of hydrogen-bond donors (Lipinski definition) is 2. The highest BCUT2D eigenvalue weighted by Crippen LogP contribution is 2.06. The summed E-state index contributed by atoms with van der Waals surface area (Å²) < 4.78 is 10.9. The number of nitrogens with two attached hydrogens (primary N) is 1. The van der Waals surface area contributed by atoms with Crippen molar-refractivity contribution in [2.75, 3.05) is 13.2 Å². The topological polar surface area (TPSA) is 100 Å². The summed E-state index contributed by atoms with van der Waals surface area (Å²) in [6.45, 7) is 4.91. The summed E-state index contributed by atoms with van der Waals surface area (Å²) in [5.41, 5.74) is 2.66. The van der Waals surface area contributed by atoms with E-state index in [4.69, 9.17) is 15.3 Å². The van der Waals surface area contributed by atoms with Crippen molar-refractivity contribution in [2.45, 2.75) is 32.6 Å². The molecule has 1 atom stereocenters. The zero-order chi connectivity index (χ0) is 12.7. The minimum absolute atomic E-state index is 0.209. The number of ether oxygens (including phenoxy) is 2. The molecule has 1 aromatic rings. The second kappa shape index (κ2) is 7.28. The van der Waals surface area contributed by atoms with Crippen LogP contribution < -0.4 is 11.3 Å². The average molecular weight is 244 g/mol. The predicted molar refractivity (Wildman–Crippen MR) is 60.7 cm³/mol. The third-order valence-electron chi connectivity index (χ3n) is 2.16. The van der Waals surface area contributed by atoms with Crippen LogP contribution in [0.25, 0.3) is 0 Å². The molecule has 8 nitrogen and oxygen atoms in total. The van der Waals surface area contributed by atoms with E-state index in [1.54, 1.807) is 7.05 Å². The average Bonchev–Trinajstić information content (AvgIpc) is 2.72. The third kappa shape index (κ3) is 4.35. The molecule has 0 aromatic carbocycles. The Balaban J connectivity index is 2.61. The molecule has 8 heteroatoms. The summed E-state index contributed by atoms with van der Waals surface area (Å²) in [5.74, 6) is 6.09. The minimum atomic E-state index is -0.418. The van der Waals surface area contributed by atoms with E-state index in [2.05, 4.69) is 20.8 Å². The zero-order valence-electron chi connectivity index (χ0n) is 10.5. The fourth-order valence-corrected chi connectivity index (χ4v) is 1.44. The van der Waals surface area contributed by atoms with E-state index in [-0.39, 0.29) is 6.04 Å². The Morgan fingerprint density at radius 3 is 2.41 bits per heavy atom. The first-order chi connectivity index (χ1) is 8.21. The van der Waals surface area contributed by atoms with Crippen LogP contribution in [0, 0.1) is 0 Å². The van der Waals surface area contributed by atoms with Crippen LogP contribution in [0.1, 0.15) is 19.7 Å². The highest BCUT2D eigenvalue weighted by atomic mass is 16.7. The van der Waals surface area contributed by atoms with Crippen molar-refractivity contribution in [3.8, 4) is 0 Å². The number of aromatic nitrogens is 4. The molecule has 0 saturated carbocycles. The maximum absolute atomic E-state index is 5.50. The summed E-state index contributed by atoms with van der Waals surface area (Å²) in [6.07, 6.45) is 0.0773. The van der Waals surface area contributed by atoms with E-state index in [0.717, 1.165) is 0 Å². The van der Waals surface area contributed by atoms with Crippen LogP contribution >= 0.6 is 0 Å². The van der Waals surface area contributed by atoms with Gasteiger partial charge in [0.25, 0.3) is 0 Å². The molecular formula is C9H20N6O2. The van der Waals surface area contributed by atoms with Crippen LogP contribution in [0.2, 0.25) is 0 Å². The van der Waals surface area contributed by atoms with E-state index in [1.807, 2.05) is 13.8 Å². The van der Waals surface area contributed by atoms with Gasteiger partial charge in [0.2, 0.25) is 0 Å². The molecule has 1 aromatic heterocycles. The Kier molecular flexibility index (Phi) is 5.98. The monoisotopic (exact) mass is 244 g/mol. The standard InChI is InChI=1S/C9H20N6O2/c1-4-16-9(17-5-2)7(11-10)6-8-12-14-15(3)13-8/h7,9,11H,4-6,10H2,1-3H3. The lowest BCUT2D eigenvalue weighted by Crippen LogP contribution is -2.48. The van der Waals surface area contributed by atoms with E-state index in [9.17, 15) is 0 Å². The minimum Gasteiger partial charge on any atom is -0.351 e. The van der Waals surface area contributed by atoms with E-state index in [0.29, 0.717) is 25.5 Å². The molecular weight excluding hydrogens is 224 g/mol. The van der Waals surface area contributed by atoms with E-state index in [1.165, 1.54) is 4.80 Å². The zero-order valence-corrected chi connectivity index (χ0v) is 10.5. The molecule has 0 fully saturated rings. The van der Waals surface area contributed by atoms with Gasteiger partial charge >= 0.3 is 0 Å². The van der Waals surface area contributed by atoms with Crippen molar-refractivity contribution >= 4 is 0 Å². The smallest absolute Gasteiger partial charge is 0.176 e. The normalized spacial score (nSPS) is 13.2. The van der Waals surface area contributed by atoms with Gasteiger partial charge in [-0.25, -0.2) is 0 Å². The Labute approximate surface area is 100 Å². The first-order valence-electron chi connectivity index (χ1n) is 5.63. The van der Waals surface area contributed by atoms with Gasteiger partial charge in [0.15, 0.2) is 12.1 Å². The highest BCUT2D eigenvalue weighted by Gasteiger charge is 2.23. The third-order valence-corrected chi connectivity index (χ3v) is 2.16. The van der Waals surface area contributed by atoms with Gasteiger partial charge < -0.3 is 9.47 Å². The second-order valence-corrected chi connectivity index (χ2v) is 3.45. The van der Waals surface area contributed by atoms with Crippen LogP contribution in [0.4, 0.5) is 0 Å². The SMILES string of the molecule is CCOC(OCC)C(Cc1nnn(C)n1)NN. The molecule has 17 heavy (non-hydrogen) atoms. The van der Waals surface area contributed by atoms with Crippen LogP contribution in [0.15, 0.2) is 0 Å². The van der Waals surface area contributed by atoms with Crippen molar-refractivity contribution in [2.24, 2.45) is 12.9 Å². The second-order valence-electron chi connectivity index (χ2n) is 3.45. The first-order valence-corrected chi connectivity index (χ1v) is 5.63. The van der Waals surface area contributed by atoms with Gasteiger partial charge in [-0.2, -0.15) is 4.80 Å². The molecule has 0 aliphatic heterocycles. The van der Waals surface area contributed by atoms with Crippen molar-refractivity contribution in [1.82, 2.24) is 25.6 Å². The van der Waals surface area contributed by atoms with Gasteiger partial charge in [-0.3, -0.25) is 11.3 Å². The molecule has 1 rings (SSSR count). The fraction of sp³-hybridized carbons (Fsp3) is 0.889. The summed E-state index contributed by atoms with van der Waals surface area (Å²) in [7, 11) is 1.71. The number of nitrogens with zero attached hydrogens (tertiary/aromatic N) is 4. The van der Waals surface area contributed by atoms with Crippen LogP contribution in [-0.4, -0.2) is 45.8 Å². The van der Waals surface area contributed by atoms with Crippen molar-refractivity contribution in [1.29, 1.82) is 0 Å². The highest BCUT2D eigenvalue weighted by molar-refractivity contribution is 4.85. The molecule has 0 spiro atoms. The first kappa shape index (κ1) is 14.0. The lowest BCUT2D eigenvalue weighted by molar-refractivity contribution is -0.154. The molecule has 98 valence electrons. The number of hydrazine groups is 1. The number of rotatable bonds is 8. The molecule has 0 bridgehead atoms. The largest absolute Gasteiger partial charge is 0.351 e. The Morgan fingerprint density at radius 1 is 1.35 bits per heavy atom. The van der Waals surface area contributed by atoms with Crippen molar-refractivity contribution < 1.29 is 9.47 Å². The number of hydrogen-bond acceptors (Lipinski definition) is 7. The molecule has 1 heterocycles. The van der Waals surface area contributed by atoms with Crippen LogP contribution in [0.3, 0.4) is 0 Å². The number of nitrogens with one attached hydrogen (secondary N) is 1. The molecule has 0 radical (unpaired) electrons. The Morgan fingerprint density at radius 2 is 2.00 bits per heavy atom. The summed E-state index contributed by atoms with van der Waals surface area (Å²) in [6, 6.07) is -0.209. The van der Waals surface area contributed by atoms with Gasteiger partial charge in [-0.05, 0) is 19.1 Å². The van der Waals surface area contributed by atoms with Gasteiger partial charge in [0.05, 0.1) is 13.1 Å². The summed E-state index contributed by atoms with van der Waals surface area (Å²) in [4.78, 5) is 1.40. The summed E-state index contributed by atoms with van der Waals surface area (Å²) >= 11 is 0. The predicted octanol–water partition coefficient (Wildman–Crippen LogP) is -1.02. The lowest BCUT2D eigenvalue weighted by atomic mass is 10.2. The van der Waals surface area contributed by atoms with Crippen molar-refractivity contribution in [3.63, 3.8) is 0 Å². The van der Waals surface area contributed by atoms with Gasteiger partial charge in [0.1, 0.15) is 0 Å². The van der Waals surface area contributed by atoms with Gasteiger partial charge in [0, 0.05) is 19.6 Å². The molecule has 3 N–H and O–H groups in total. The van der Waals surface area contributed by atoms with E-state index < -0.39 is 6.29 Å². The van der Waals surface area contributed by atoms with Gasteiger partial charge in [-0.1, -0.05) is 0 Å². The van der Waals surface area contributed by atoms with Crippen LogP contribution in [-0.2, 0) is 22.9 Å². The Hall–Kier alpha value is -1.09. The van der Waals surface area contributed by atoms with Crippen LogP contribution in [0.5, 0.6) is 0 Å². The quantitative estimate of drug-likeness (QED) is 0.343. The molecule has 1 unspecified atom stereocenters. The molecule has 0 saturated heterocycles. The number of tetrazole rings is 1. The summed E-state index contributed by atoms with van der Waals surface area (Å²) in [5, 5.41) is 11.8. The van der Waals surface area contributed by atoms with E-state index >= 15 is 0 Å². The molecule has 0 aliphatic rings. The Bertz CT molecular complexity index is 312.